The highest BCUT2D eigenvalue weighted by Crippen LogP contribution is 2.38. The molecule has 0 saturated heterocycles. The number of nitrogens with zero attached hydrogens (tertiary/aromatic N) is 1. The molecule has 9 nitrogen and oxygen atoms in total. The number of hydrogen-bond acceptors (Lipinski definition) is 7. The number of ether oxygens (including phenoxy) is 1. The predicted molar refractivity (Wildman–Crippen MR) is 279 cm³/mol. The van der Waals surface area contributed by atoms with Crippen molar-refractivity contribution in [2.24, 2.45) is 0 Å². The second-order valence-electron chi connectivity index (χ2n) is 19.7. The lowest BCUT2D eigenvalue weighted by atomic mass is 10.0. The zero-order valence-electron chi connectivity index (χ0n) is 43.9. The van der Waals surface area contributed by atoms with Gasteiger partial charge in [0.15, 0.2) is 0 Å². The van der Waals surface area contributed by atoms with Crippen LogP contribution in [0.2, 0.25) is 0 Å². The summed E-state index contributed by atoms with van der Waals surface area (Å²) in [6.45, 7) is 6.78. The lowest BCUT2D eigenvalue weighted by molar-refractivity contribution is -0.870. The maximum atomic E-state index is 13.4. The third-order valence-electron chi connectivity index (χ3n) is 12.0. The van der Waals surface area contributed by atoms with Gasteiger partial charge in [-0.1, -0.05) is 205 Å². The van der Waals surface area contributed by atoms with Crippen molar-refractivity contribution >= 4 is 19.7 Å². The Bertz CT molecular complexity index is 1280. The second kappa shape index (κ2) is 46.7. The summed E-state index contributed by atoms with van der Waals surface area (Å²) < 4.78 is 30.1. The molecule has 3 unspecified atom stereocenters. The van der Waals surface area contributed by atoms with Crippen LogP contribution in [0, 0.1) is 0 Å². The predicted octanol–water partition coefficient (Wildman–Crippen LogP) is 15.5. The normalized spacial score (nSPS) is 14.2. The van der Waals surface area contributed by atoms with Gasteiger partial charge in [-0.05, 0) is 76.7 Å². The molecule has 0 rings (SSSR count). The molecule has 0 fully saturated rings. The van der Waals surface area contributed by atoms with Gasteiger partial charge in [0.2, 0.25) is 5.91 Å². The minimum Gasteiger partial charge on any atom is -0.756 e. The van der Waals surface area contributed by atoms with Crippen LogP contribution in [0.5, 0.6) is 0 Å². The van der Waals surface area contributed by atoms with Gasteiger partial charge >= 0.3 is 5.97 Å². The molecule has 0 aromatic heterocycles. The number of likely N-dealkylation sites (N-methyl/N-ethyl adjacent to an activating group) is 1. The molecule has 0 aliphatic carbocycles. The van der Waals surface area contributed by atoms with E-state index in [2.05, 4.69) is 56.5 Å². The van der Waals surface area contributed by atoms with Crippen LogP contribution in [0.15, 0.2) is 48.6 Å². The number of unbranched alkanes of at least 4 members (excludes halogenated alkanes) is 27. The Morgan fingerprint density at radius 1 is 0.530 bits per heavy atom. The maximum Gasteiger partial charge on any atom is 0.306 e. The fraction of sp³-hybridized carbons (Fsp3) is 0.821. The monoisotopic (exact) mass is 949 g/mol. The van der Waals surface area contributed by atoms with E-state index in [1.165, 1.54) is 141 Å². The van der Waals surface area contributed by atoms with E-state index in [1.54, 1.807) is 6.08 Å². The molecule has 0 radical (unpaired) electrons. The van der Waals surface area contributed by atoms with Gasteiger partial charge in [0.1, 0.15) is 19.3 Å². The highest BCUT2D eigenvalue weighted by molar-refractivity contribution is 7.45. The van der Waals surface area contributed by atoms with Crippen LogP contribution < -0.4 is 10.2 Å². The highest BCUT2D eigenvalue weighted by Gasteiger charge is 2.27. The molecule has 0 aromatic carbocycles. The van der Waals surface area contributed by atoms with Gasteiger partial charge in [0.25, 0.3) is 7.82 Å². The number of rotatable bonds is 49. The van der Waals surface area contributed by atoms with E-state index in [1.807, 2.05) is 33.3 Å². The Hall–Kier alpha value is -2.03. The number of allylic oxidation sites excluding steroid dienone is 7. The third kappa shape index (κ3) is 47.1. The number of hydrogen-bond donors (Lipinski definition) is 1. The van der Waals surface area contributed by atoms with Crippen molar-refractivity contribution in [2.45, 2.75) is 258 Å². The van der Waals surface area contributed by atoms with Crippen molar-refractivity contribution in [3.05, 3.63) is 48.6 Å². The minimum atomic E-state index is -4.70. The zero-order chi connectivity index (χ0) is 48.7. The Morgan fingerprint density at radius 2 is 0.939 bits per heavy atom. The molecule has 3 atom stereocenters. The Labute approximate surface area is 408 Å². The van der Waals surface area contributed by atoms with Crippen molar-refractivity contribution in [3.63, 3.8) is 0 Å². The van der Waals surface area contributed by atoms with Crippen LogP contribution in [-0.4, -0.2) is 69.4 Å². The van der Waals surface area contributed by atoms with Crippen LogP contribution >= 0.6 is 7.82 Å². The quantitative estimate of drug-likeness (QED) is 0.0212. The molecule has 0 spiro atoms. The molecular weight excluding hydrogens is 844 g/mol. The van der Waals surface area contributed by atoms with Gasteiger partial charge < -0.3 is 28.5 Å². The summed E-state index contributed by atoms with van der Waals surface area (Å²) in [5.41, 5.74) is 0. The number of phosphoric acid groups is 1. The number of amides is 1. The van der Waals surface area contributed by atoms with Crippen LogP contribution in [0.25, 0.3) is 0 Å². The van der Waals surface area contributed by atoms with Gasteiger partial charge in [-0.3, -0.25) is 14.2 Å². The first-order chi connectivity index (χ1) is 31.9. The molecule has 0 aromatic rings. The van der Waals surface area contributed by atoms with Crippen molar-refractivity contribution in [1.82, 2.24) is 5.32 Å². The molecule has 0 aliphatic heterocycles. The highest BCUT2D eigenvalue weighted by atomic mass is 31.2. The van der Waals surface area contributed by atoms with Crippen molar-refractivity contribution in [3.8, 4) is 0 Å². The first-order valence-electron chi connectivity index (χ1n) is 27.4. The maximum absolute atomic E-state index is 13.4. The van der Waals surface area contributed by atoms with E-state index in [9.17, 15) is 19.0 Å². The molecule has 0 bridgehead atoms. The molecule has 66 heavy (non-hydrogen) atoms. The third-order valence-corrected chi connectivity index (χ3v) is 13.0. The number of carbonyl (C=O) groups excluding carboxylic acids is 2. The fourth-order valence-electron chi connectivity index (χ4n) is 7.69. The Balaban J connectivity index is 5.51. The topological polar surface area (TPSA) is 114 Å². The summed E-state index contributed by atoms with van der Waals surface area (Å²) in [7, 11) is 1.15. The van der Waals surface area contributed by atoms with Crippen molar-refractivity contribution in [2.75, 3.05) is 40.9 Å². The minimum absolute atomic E-state index is 0.0324. The standard InChI is InChI=1S/C56H105N2O7P/c1-7-10-13-16-19-22-25-28-31-33-36-39-42-45-48-55(59)57-53(52-64-66(61,62)63-51-50-58(4,5)6)54(47-44-41-38-35-32-29-26-23-20-17-14-11-8-2)65-56(60)49-46-43-40-37-34-30-27-24-21-18-15-12-9-3/h30-31,33-34,40,43-44,47,53-54H,7-29,32,35-39,41-42,45-46,48-52H2,1-6H3,(H-,57,59,61,62)/b33-31-,34-30-,43-40+,47-44+. The molecule has 1 N–H and O–H groups in total. The first kappa shape index (κ1) is 64.0. The van der Waals surface area contributed by atoms with Gasteiger partial charge in [0, 0.05) is 12.8 Å². The summed E-state index contributed by atoms with van der Waals surface area (Å²) >= 11 is 0. The van der Waals surface area contributed by atoms with Crippen LogP contribution in [0.4, 0.5) is 0 Å². The number of esters is 1. The average Bonchev–Trinajstić information content (AvgIpc) is 3.27. The largest absolute Gasteiger partial charge is 0.756 e. The van der Waals surface area contributed by atoms with Gasteiger partial charge in [-0.2, -0.15) is 0 Å². The van der Waals surface area contributed by atoms with Crippen LogP contribution in [-0.2, 0) is 27.9 Å². The van der Waals surface area contributed by atoms with Crippen molar-refractivity contribution in [1.29, 1.82) is 0 Å². The zero-order valence-corrected chi connectivity index (χ0v) is 44.8. The van der Waals surface area contributed by atoms with Gasteiger partial charge in [-0.15, -0.1) is 0 Å². The molecular formula is C56H105N2O7P. The molecule has 10 heteroatoms. The Kier molecular flexibility index (Phi) is 45.3. The number of phosphoric ester groups is 1. The van der Waals surface area contributed by atoms with Gasteiger partial charge in [-0.25, -0.2) is 0 Å². The second-order valence-corrected chi connectivity index (χ2v) is 21.1. The van der Waals surface area contributed by atoms with E-state index in [-0.39, 0.29) is 25.4 Å². The molecule has 0 aliphatic rings. The molecule has 1 amide bonds. The fourth-order valence-corrected chi connectivity index (χ4v) is 8.41. The molecule has 386 valence electrons. The SMILES string of the molecule is CCCCCCCC/C=C\C/C=C/CCC(=O)OC(/C=C/CCCCCCCCCCCCC)C(COP(=O)([O-])OCC[N+](C)(C)C)NC(=O)CCCCC/C=C\CCCCCCCCC. The summed E-state index contributed by atoms with van der Waals surface area (Å²) in [6.07, 6.45) is 55.2. The summed E-state index contributed by atoms with van der Waals surface area (Å²) in [5.74, 6) is -0.636. The summed E-state index contributed by atoms with van der Waals surface area (Å²) in [4.78, 5) is 39.7. The number of carbonyl (C=O) groups is 2. The number of quaternary nitrogens is 1. The van der Waals surface area contributed by atoms with E-state index in [0.717, 1.165) is 57.8 Å². The summed E-state index contributed by atoms with van der Waals surface area (Å²) in [6, 6.07) is -0.916. The van der Waals surface area contributed by atoms with E-state index in [4.69, 9.17) is 13.8 Å². The van der Waals surface area contributed by atoms with Crippen LogP contribution in [0.3, 0.4) is 0 Å². The van der Waals surface area contributed by atoms with E-state index >= 15 is 0 Å². The first-order valence-corrected chi connectivity index (χ1v) is 28.9. The Morgan fingerprint density at radius 3 is 1.41 bits per heavy atom. The van der Waals surface area contributed by atoms with Crippen molar-refractivity contribution < 1.29 is 37.3 Å². The molecule has 0 saturated carbocycles. The smallest absolute Gasteiger partial charge is 0.306 e. The lowest BCUT2D eigenvalue weighted by Crippen LogP contribution is -2.47. The summed E-state index contributed by atoms with van der Waals surface area (Å²) in [5, 5.41) is 2.99. The lowest BCUT2D eigenvalue weighted by Gasteiger charge is -2.30. The van der Waals surface area contributed by atoms with E-state index in [0.29, 0.717) is 23.9 Å². The molecule has 0 heterocycles. The van der Waals surface area contributed by atoms with E-state index < -0.39 is 32.5 Å². The van der Waals surface area contributed by atoms with Crippen LogP contribution in [0.1, 0.15) is 245 Å². The average molecular weight is 949 g/mol. The van der Waals surface area contributed by atoms with Gasteiger partial charge in [0.05, 0.1) is 33.8 Å². The number of nitrogens with one attached hydrogen (secondary N) is 1.